The van der Waals surface area contributed by atoms with Crippen molar-refractivity contribution in [3.8, 4) is 0 Å². The molecule has 138 valence electrons. The van der Waals surface area contributed by atoms with E-state index in [-0.39, 0.29) is 0 Å². The Morgan fingerprint density at radius 1 is 0.522 bits per heavy atom. The predicted molar refractivity (Wildman–Crippen MR) is 110 cm³/mol. The summed E-state index contributed by atoms with van der Waals surface area (Å²) >= 11 is 0. The standard InChI is InChI=1S/C3H26O10Si10/c1-2-3-23-12-21-10-19-8-17-6-15-4-14-5-16-7-18-9-20-11-22-13-23/h23H,2-3,14-22H2,1H3. The van der Waals surface area contributed by atoms with Crippen molar-refractivity contribution in [1.29, 1.82) is 0 Å². The van der Waals surface area contributed by atoms with Crippen molar-refractivity contribution in [3.63, 3.8) is 0 Å². The molecule has 0 spiro atoms. The van der Waals surface area contributed by atoms with Crippen LogP contribution in [0.25, 0.3) is 0 Å². The molecule has 0 aromatic carbocycles. The Balaban J connectivity index is 2.17. The van der Waals surface area contributed by atoms with E-state index in [0.717, 1.165) is 12.5 Å². The molecule has 1 saturated heterocycles. The molecule has 20 heteroatoms. The first-order valence-corrected chi connectivity index (χ1v) is 19.4. The van der Waals surface area contributed by atoms with E-state index in [1.807, 2.05) is 0 Å². The molecule has 0 unspecified atom stereocenters. The first kappa shape index (κ1) is 22.8. The summed E-state index contributed by atoms with van der Waals surface area (Å²) in [6, 6.07) is 0.989. The normalized spacial score (nSPS) is 35.1. The maximum absolute atomic E-state index is 5.82. The van der Waals surface area contributed by atoms with Gasteiger partial charge in [0.05, 0.1) is 0 Å². The smallest absolute Gasteiger partial charge is 0.303 e. The third-order valence-electron chi connectivity index (χ3n) is 2.37. The fourth-order valence-corrected chi connectivity index (χ4v) is 21.1. The highest BCUT2D eigenvalue weighted by atomic mass is 28.4. The van der Waals surface area contributed by atoms with Gasteiger partial charge in [-0.15, -0.1) is 0 Å². The average molecular weight is 503 g/mol. The van der Waals surface area contributed by atoms with Crippen molar-refractivity contribution >= 4 is 99.3 Å². The molecule has 0 aliphatic carbocycles. The molecule has 0 saturated carbocycles. The first-order valence-electron chi connectivity index (χ1n) is 7.28. The van der Waals surface area contributed by atoms with E-state index in [1.54, 1.807) is 0 Å². The number of rotatable bonds is 2. The summed E-state index contributed by atoms with van der Waals surface area (Å²) in [5.74, 6) is 0. The monoisotopic (exact) mass is 502 g/mol. The molecule has 1 aliphatic heterocycles. The Morgan fingerprint density at radius 3 is 1.13 bits per heavy atom. The Labute approximate surface area is 159 Å². The highest BCUT2D eigenvalue weighted by molar-refractivity contribution is 6.58. The van der Waals surface area contributed by atoms with Crippen LogP contribution in [0.3, 0.4) is 0 Å². The SMILES string of the molecule is CCC[SiH]1O[SiH2]O[SiH2]O[SiH2]O[SiH2]O[SiH2]O[SiH2]O[SiH2]O[SiH2]O[SiH2]O1. The number of hydrogen-bond donors (Lipinski definition) is 0. The summed E-state index contributed by atoms with van der Waals surface area (Å²) < 4.78 is 55.3. The number of hydrogen-bond acceptors (Lipinski definition) is 10. The fourth-order valence-electron chi connectivity index (χ4n) is 1.38. The van der Waals surface area contributed by atoms with Gasteiger partial charge in [-0.3, -0.25) is 0 Å². The minimum atomic E-state index is -1.61. The topological polar surface area (TPSA) is 92.3 Å². The van der Waals surface area contributed by atoms with Gasteiger partial charge in [0.15, 0.2) is 0 Å². The molecule has 10 nitrogen and oxygen atoms in total. The minimum Gasteiger partial charge on any atom is -0.425 e. The zero-order chi connectivity index (χ0) is 16.4. The van der Waals surface area contributed by atoms with Gasteiger partial charge in [-0.1, -0.05) is 13.3 Å². The molecule has 1 fully saturated rings. The van der Waals surface area contributed by atoms with Crippen molar-refractivity contribution < 1.29 is 41.2 Å². The fraction of sp³-hybridized carbons (Fsp3) is 1.00. The molecular formula is C3H26O10Si10. The second kappa shape index (κ2) is 18.6. The second-order valence-electron chi connectivity index (χ2n) is 4.25. The third kappa shape index (κ3) is 15.7. The van der Waals surface area contributed by atoms with Crippen LogP contribution in [0.2, 0.25) is 6.04 Å². The molecule has 1 rings (SSSR count). The van der Waals surface area contributed by atoms with Crippen LogP contribution in [0, 0.1) is 0 Å². The predicted octanol–water partition coefficient (Wildman–Crippen LogP) is -8.21. The van der Waals surface area contributed by atoms with Crippen molar-refractivity contribution in [2.75, 3.05) is 0 Å². The van der Waals surface area contributed by atoms with Gasteiger partial charge in [-0.25, -0.2) is 0 Å². The van der Waals surface area contributed by atoms with E-state index in [9.17, 15) is 0 Å². The van der Waals surface area contributed by atoms with Crippen LogP contribution in [-0.2, 0) is 41.2 Å². The van der Waals surface area contributed by atoms with Crippen LogP contribution >= 0.6 is 0 Å². The van der Waals surface area contributed by atoms with E-state index in [4.69, 9.17) is 41.2 Å². The van der Waals surface area contributed by atoms with Gasteiger partial charge in [0.25, 0.3) is 90.1 Å². The van der Waals surface area contributed by atoms with E-state index in [2.05, 4.69) is 6.92 Å². The quantitative estimate of drug-likeness (QED) is 0.339. The van der Waals surface area contributed by atoms with Crippen LogP contribution in [-0.4, -0.2) is 99.3 Å². The van der Waals surface area contributed by atoms with Gasteiger partial charge >= 0.3 is 9.28 Å². The van der Waals surface area contributed by atoms with E-state index in [1.165, 1.54) is 0 Å². The van der Waals surface area contributed by atoms with Crippen LogP contribution in [0.1, 0.15) is 13.3 Å². The Hall–Kier alpha value is 1.77. The lowest BCUT2D eigenvalue weighted by molar-refractivity contribution is 0.339. The average Bonchev–Trinajstić information content (AvgIpc) is 2.55. The maximum atomic E-state index is 5.82. The van der Waals surface area contributed by atoms with Gasteiger partial charge < -0.3 is 41.2 Å². The van der Waals surface area contributed by atoms with Crippen LogP contribution in [0.15, 0.2) is 0 Å². The Morgan fingerprint density at radius 2 is 0.826 bits per heavy atom. The highest BCUT2D eigenvalue weighted by Crippen LogP contribution is 1.99. The van der Waals surface area contributed by atoms with E-state index in [0.29, 0.717) is 0 Å². The molecule has 1 heterocycles. The second-order valence-corrected chi connectivity index (χ2v) is 23.5. The zero-order valence-electron chi connectivity index (χ0n) is 13.4. The van der Waals surface area contributed by atoms with E-state index >= 15 is 0 Å². The molecule has 0 atom stereocenters. The van der Waals surface area contributed by atoms with Crippen LogP contribution < -0.4 is 0 Å². The van der Waals surface area contributed by atoms with Crippen molar-refractivity contribution in [1.82, 2.24) is 0 Å². The van der Waals surface area contributed by atoms with E-state index < -0.39 is 99.3 Å². The Bertz CT molecular complexity index is 233. The molecule has 0 aromatic rings. The molecule has 1 aliphatic rings. The maximum Gasteiger partial charge on any atom is 0.303 e. The molecule has 0 amide bonds. The van der Waals surface area contributed by atoms with Crippen molar-refractivity contribution in [2.45, 2.75) is 19.4 Å². The summed E-state index contributed by atoms with van der Waals surface area (Å²) in [4.78, 5) is 0. The van der Waals surface area contributed by atoms with Gasteiger partial charge in [0.2, 0.25) is 0 Å². The lowest BCUT2D eigenvalue weighted by Crippen LogP contribution is -2.30. The molecular weight excluding hydrogens is 477 g/mol. The van der Waals surface area contributed by atoms with Gasteiger partial charge in [-0.2, -0.15) is 0 Å². The van der Waals surface area contributed by atoms with Crippen molar-refractivity contribution in [2.24, 2.45) is 0 Å². The summed E-state index contributed by atoms with van der Waals surface area (Å²) in [7, 11) is -10.2. The molecule has 0 bridgehead atoms. The first-order chi connectivity index (χ1) is 11.4. The molecule has 0 N–H and O–H groups in total. The van der Waals surface area contributed by atoms with Gasteiger partial charge in [0.1, 0.15) is 0 Å². The zero-order valence-corrected chi connectivity index (χ0v) is 27.3. The minimum absolute atomic E-state index is 0.937. The largest absolute Gasteiger partial charge is 0.425 e. The van der Waals surface area contributed by atoms with Crippen LogP contribution in [0.4, 0.5) is 0 Å². The Kier molecular flexibility index (Phi) is 18.4. The third-order valence-corrected chi connectivity index (χ3v) is 18.1. The summed E-state index contributed by atoms with van der Waals surface area (Å²) in [6.07, 6.45) is 1.06. The molecule has 0 radical (unpaired) electrons. The van der Waals surface area contributed by atoms with Crippen molar-refractivity contribution in [3.05, 3.63) is 0 Å². The lowest BCUT2D eigenvalue weighted by atomic mass is 10.6. The lowest BCUT2D eigenvalue weighted by Gasteiger charge is -2.17. The highest BCUT2D eigenvalue weighted by Gasteiger charge is 2.12. The van der Waals surface area contributed by atoms with Gasteiger partial charge in [0, 0.05) is 0 Å². The molecule has 0 aromatic heterocycles. The molecule has 23 heavy (non-hydrogen) atoms. The summed E-state index contributed by atoms with van der Waals surface area (Å²) in [5, 5.41) is 0. The summed E-state index contributed by atoms with van der Waals surface area (Å²) in [6.45, 7) is 2.13. The van der Waals surface area contributed by atoms with Gasteiger partial charge in [-0.05, 0) is 6.04 Å². The summed E-state index contributed by atoms with van der Waals surface area (Å²) in [5.41, 5.74) is 0. The van der Waals surface area contributed by atoms with Crippen LogP contribution in [0.5, 0.6) is 0 Å².